The number of ether oxygens (including phenoxy) is 1. The van der Waals surface area contributed by atoms with E-state index in [4.69, 9.17) is 4.74 Å². The Morgan fingerprint density at radius 1 is 1.33 bits per heavy atom. The Kier molecular flexibility index (Phi) is 5.26. The monoisotopic (exact) mass is 255 g/mol. The van der Waals surface area contributed by atoms with Crippen LogP contribution >= 0.6 is 0 Å². The van der Waals surface area contributed by atoms with Gasteiger partial charge in [-0.05, 0) is 44.2 Å². The van der Waals surface area contributed by atoms with Crippen molar-refractivity contribution in [3.63, 3.8) is 0 Å². The number of carbonyl (C=O) groups excluding carboxylic acids is 1. The van der Waals surface area contributed by atoms with E-state index in [1.165, 1.54) is 19.5 Å². The van der Waals surface area contributed by atoms with Crippen LogP contribution in [-0.2, 0) is 4.74 Å². The predicted molar refractivity (Wildman–Crippen MR) is 70.5 cm³/mol. The van der Waals surface area contributed by atoms with Gasteiger partial charge in [0, 0.05) is 26.7 Å². The highest BCUT2D eigenvalue weighted by Gasteiger charge is 2.29. The van der Waals surface area contributed by atoms with Gasteiger partial charge < -0.3 is 20.3 Å². The van der Waals surface area contributed by atoms with Gasteiger partial charge >= 0.3 is 6.03 Å². The minimum absolute atomic E-state index is 0.0649. The van der Waals surface area contributed by atoms with Gasteiger partial charge in [-0.3, -0.25) is 0 Å². The molecule has 2 aliphatic heterocycles. The zero-order valence-corrected chi connectivity index (χ0v) is 11.3. The molecule has 0 spiro atoms. The van der Waals surface area contributed by atoms with Gasteiger partial charge in [-0.2, -0.15) is 0 Å². The Bertz CT molecular complexity index is 259. The summed E-state index contributed by atoms with van der Waals surface area (Å²) in [6.45, 7) is 5.32. The van der Waals surface area contributed by atoms with Gasteiger partial charge in [0.25, 0.3) is 0 Å². The van der Waals surface area contributed by atoms with Crippen molar-refractivity contribution in [2.45, 2.75) is 19.3 Å². The summed E-state index contributed by atoms with van der Waals surface area (Å²) in [7, 11) is 1.65. The minimum Gasteiger partial charge on any atom is -0.383 e. The normalized spacial score (nSPS) is 25.4. The quantitative estimate of drug-likeness (QED) is 0.726. The summed E-state index contributed by atoms with van der Waals surface area (Å²) in [5, 5.41) is 6.32. The van der Waals surface area contributed by atoms with Crippen LogP contribution in [0.15, 0.2) is 0 Å². The SMILES string of the molecule is COCCNC(=O)N1CCC(C2CCNC2)CC1. The van der Waals surface area contributed by atoms with Crippen LogP contribution in [0.4, 0.5) is 4.79 Å². The number of likely N-dealkylation sites (tertiary alicyclic amines) is 1. The van der Waals surface area contributed by atoms with E-state index < -0.39 is 0 Å². The molecule has 5 nitrogen and oxygen atoms in total. The van der Waals surface area contributed by atoms with Crippen LogP contribution in [0, 0.1) is 11.8 Å². The lowest BCUT2D eigenvalue weighted by Gasteiger charge is -2.34. The van der Waals surface area contributed by atoms with Crippen LogP contribution in [0.3, 0.4) is 0 Å². The van der Waals surface area contributed by atoms with Crippen molar-refractivity contribution in [1.29, 1.82) is 0 Å². The van der Waals surface area contributed by atoms with E-state index in [-0.39, 0.29) is 6.03 Å². The van der Waals surface area contributed by atoms with E-state index in [1.807, 2.05) is 4.90 Å². The fraction of sp³-hybridized carbons (Fsp3) is 0.923. The maximum absolute atomic E-state index is 11.8. The van der Waals surface area contributed by atoms with Crippen LogP contribution < -0.4 is 10.6 Å². The standard InChI is InChI=1S/C13H25N3O2/c1-18-9-6-15-13(17)16-7-3-11(4-8-16)12-2-5-14-10-12/h11-12,14H,2-10H2,1H3,(H,15,17). The molecule has 104 valence electrons. The molecule has 1 unspecified atom stereocenters. The van der Waals surface area contributed by atoms with Gasteiger partial charge in [0.2, 0.25) is 0 Å². The summed E-state index contributed by atoms with van der Waals surface area (Å²) >= 11 is 0. The smallest absolute Gasteiger partial charge is 0.317 e. The Balaban J connectivity index is 1.67. The second kappa shape index (κ2) is 6.95. The van der Waals surface area contributed by atoms with Crippen LogP contribution in [-0.4, -0.2) is 57.4 Å². The van der Waals surface area contributed by atoms with Crippen molar-refractivity contribution in [1.82, 2.24) is 15.5 Å². The molecular weight excluding hydrogens is 230 g/mol. The van der Waals surface area contributed by atoms with E-state index in [0.29, 0.717) is 13.2 Å². The molecule has 0 aromatic heterocycles. The van der Waals surface area contributed by atoms with Crippen LogP contribution in [0.25, 0.3) is 0 Å². The maximum Gasteiger partial charge on any atom is 0.317 e. The minimum atomic E-state index is 0.0649. The summed E-state index contributed by atoms with van der Waals surface area (Å²) in [5.41, 5.74) is 0. The molecular formula is C13H25N3O2. The Labute approximate surface area is 109 Å². The molecule has 0 saturated carbocycles. The Hall–Kier alpha value is -0.810. The first kappa shape index (κ1) is 13.6. The van der Waals surface area contributed by atoms with Gasteiger partial charge in [-0.1, -0.05) is 0 Å². The molecule has 2 rings (SSSR count). The zero-order chi connectivity index (χ0) is 12.8. The lowest BCUT2D eigenvalue weighted by Crippen LogP contribution is -2.46. The first-order chi connectivity index (χ1) is 8.81. The fourth-order valence-corrected chi connectivity index (χ4v) is 3.03. The van der Waals surface area contributed by atoms with Crippen LogP contribution in [0.1, 0.15) is 19.3 Å². The van der Waals surface area contributed by atoms with E-state index in [0.717, 1.165) is 37.8 Å². The highest BCUT2D eigenvalue weighted by molar-refractivity contribution is 5.74. The molecule has 0 aromatic rings. The van der Waals surface area contributed by atoms with Gasteiger partial charge in [0.05, 0.1) is 6.61 Å². The lowest BCUT2D eigenvalue weighted by molar-refractivity contribution is 0.148. The molecule has 2 N–H and O–H groups in total. The number of piperidine rings is 1. The van der Waals surface area contributed by atoms with Crippen molar-refractivity contribution in [2.75, 3.05) is 46.4 Å². The second-order valence-electron chi connectivity index (χ2n) is 5.30. The number of hydrogen-bond acceptors (Lipinski definition) is 3. The Morgan fingerprint density at radius 2 is 2.11 bits per heavy atom. The third-order valence-electron chi connectivity index (χ3n) is 4.17. The molecule has 0 aromatic carbocycles. The molecule has 5 heteroatoms. The van der Waals surface area contributed by atoms with E-state index >= 15 is 0 Å². The van der Waals surface area contributed by atoms with E-state index in [1.54, 1.807) is 7.11 Å². The highest BCUT2D eigenvalue weighted by Crippen LogP contribution is 2.28. The molecule has 18 heavy (non-hydrogen) atoms. The predicted octanol–water partition coefficient (Wildman–Crippen LogP) is 0.664. The number of nitrogens with one attached hydrogen (secondary N) is 2. The van der Waals surface area contributed by atoms with Gasteiger partial charge in [-0.15, -0.1) is 0 Å². The largest absolute Gasteiger partial charge is 0.383 e. The summed E-state index contributed by atoms with van der Waals surface area (Å²) in [4.78, 5) is 13.8. The highest BCUT2D eigenvalue weighted by atomic mass is 16.5. The third-order valence-corrected chi connectivity index (χ3v) is 4.17. The number of hydrogen-bond donors (Lipinski definition) is 2. The molecule has 2 aliphatic rings. The molecule has 0 aliphatic carbocycles. The molecule has 2 fully saturated rings. The van der Waals surface area contributed by atoms with Crippen LogP contribution in [0.2, 0.25) is 0 Å². The van der Waals surface area contributed by atoms with Crippen molar-refractivity contribution < 1.29 is 9.53 Å². The van der Waals surface area contributed by atoms with Crippen molar-refractivity contribution in [2.24, 2.45) is 11.8 Å². The number of urea groups is 1. The van der Waals surface area contributed by atoms with E-state index in [2.05, 4.69) is 10.6 Å². The van der Waals surface area contributed by atoms with Crippen molar-refractivity contribution in [3.8, 4) is 0 Å². The first-order valence-electron chi connectivity index (χ1n) is 7.03. The molecule has 1 atom stereocenters. The average molecular weight is 255 g/mol. The number of rotatable bonds is 4. The number of carbonyl (C=O) groups is 1. The molecule has 2 heterocycles. The van der Waals surface area contributed by atoms with Crippen molar-refractivity contribution >= 4 is 6.03 Å². The molecule has 0 bridgehead atoms. The zero-order valence-electron chi connectivity index (χ0n) is 11.3. The number of nitrogens with zero attached hydrogens (tertiary/aromatic N) is 1. The van der Waals surface area contributed by atoms with Gasteiger partial charge in [0.1, 0.15) is 0 Å². The molecule has 2 saturated heterocycles. The first-order valence-corrected chi connectivity index (χ1v) is 7.03. The number of amides is 2. The second-order valence-corrected chi connectivity index (χ2v) is 5.30. The summed E-state index contributed by atoms with van der Waals surface area (Å²) in [6.07, 6.45) is 3.62. The summed E-state index contributed by atoms with van der Waals surface area (Å²) < 4.78 is 4.92. The van der Waals surface area contributed by atoms with E-state index in [9.17, 15) is 4.79 Å². The fourth-order valence-electron chi connectivity index (χ4n) is 3.03. The summed E-state index contributed by atoms with van der Waals surface area (Å²) in [6, 6.07) is 0.0649. The maximum atomic E-state index is 11.8. The Morgan fingerprint density at radius 3 is 2.72 bits per heavy atom. The van der Waals surface area contributed by atoms with Gasteiger partial charge in [-0.25, -0.2) is 4.79 Å². The topological polar surface area (TPSA) is 53.6 Å². The molecule has 0 radical (unpaired) electrons. The lowest BCUT2D eigenvalue weighted by atomic mass is 9.84. The summed E-state index contributed by atoms with van der Waals surface area (Å²) in [5.74, 6) is 1.65. The van der Waals surface area contributed by atoms with Crippen molar-refractivity contribution in [3.05, 3.63) is 0 Å². The average Bonchev–Trinajstić information content (AvgIpc) is 2.93. The molecule has 2 amide bonds. The van der Waals surface area contributed by atoms with Gasteiger partial charge in [0.15, 0.2) is 0 Å². The third kappa shape index (κ3) is 3.59. The number of methoxy groups -OCH3 is 1. The van der Waals surface area contributed by atoms with Crippen LogP contribution in [0.5, 0.6) is 0 Å².